The van der Waals surface area contributed by atoms with Gasteiger partial charge in [-0.05, 0) is 37.1 Å². The topological polar surface area (TPSA) is 101 Å². The number of carbonyl (C=O) groups is 1. The van der Waals surface area contributed by atoms with Gasteiger partial charge in [0.1, 0.15) is 0 Å². The molecule has 0 atom stereocenters. The van der Waals surface area contributed by atoms with Crippen LogP contribution in [0.1, 0.15) is 21.5 Å². The van der Waals surface area contributed by atoms with Gasteiger partial charge >= 0.3 is 5.97 Å². The molecular formula is C13H15N3O4S. The van der Waals surface area contributed by atoms with E-state index < -0.39 is 16.0 Å². The molecule has 0 saturated heterocycles. The molecule has 0 radical (unpaired) electrons. The molecule has 21 heavy (non-hydrogen) atoms. The Balaban J connectivity index is 2.51. The first-order valence-corrected chi connectivity index (χ1v) is 7.56. The number of nitrogens with one attached hydrogen (secondary N) is 1. The number of carboxylic acid groups (broad SMARTS) is 1. The zero-order chi connectivity index (χ0) is 15.8. The van der Waals surface area contributed by atoms with Crippen molar-refractivity contribution in [3.63, 3.8) is 0 Å². The second-order valence-electron chi connectivity index (χ2n) is 4.70. The van der Waals surface area contributed by atoms with Crippen LogP contribution in [-0.2, 0) is 17.1 Å². The summed E-state index contributed by atoms with van der Waals surface area (Å²) >= 11 is 0. The van der Waals surface area contributed by atoms with Gasteiger partial charge in [-0.3, -0.25) is 9.40 Å². The van der Waals surface area contributed by atoms with E-state index in [0.29, 0.717) is 11.1 Å². The number of anilines is 1. The minimum absolute atomic E-state index is 0.0643. The molecular weight excluding hydrogens is 294 g/mol. The molecule has 0 amide bonds. The third-order valence-corrected chi connectivity index (χ3v) is 4.59. The molecule has 1 aromatic carbocycles. The van der Waals surface area contributed by atoms with Gasteiger partial charge in [0.2, 0.25) is 0 Å². The van der Waals surface area contributed by atoms with Gasteiger partial charge in [0.05, 0.1) is 10.5 Å². The summed E-state index contributed by atoms with van der Waals surface area (Å²) in [6.45, 7) is 3.30. The fourth-order valence-electron chi connectivity index (χ4n) is 1.89. The van der Waals surface area contributed by atoms with Crippen LogP contribution in [0, 0.1) is 13.8 Å². The second-order valence-corrected chi connectivity index (χ2v) is 6.35. The van der Waals surface area contributed by atoms with Crippen molar-refractivity contribution in [2.75, 3.05) is 4.72 Å². The Morgan fingerprint density at radius 3 is 2.52 bits per heavy atom. The Bertz CT molecular complexity index is 809. The summed E-state index contributed by atoms with van der Waals surface area (Å²) < 4.78 is 28.6. The quantitative estimate of drug-likeness (QED) is 0.892. The van der Waals surface area contributed by atoms with Gasteiger partial charge in [0.25, 0.3) is 10.0 Å². The summed E-state index contributed by atoms with van der Waals surface area (Å²) in [5.74, 6) is -0.998. The highest BCUT2D eigenvalue weighted by Crippen LogP contribution is 2.23. The highest BCUT2D eigenvalue weighted by molar-refractivity contribution is 7.92. The second kappa shape index (κ2) is 5.21. The summed E-state index contributed by atoms with van der Waals surface area (Å²) in [5.41, 5.74) is 1.03. The van der Waals surface area contributed by atoms with Crippen molar-refractivity contribution in [1.29, 1.82) is 0 Å². The number of sulfonamides is 1. The molecule has 2 rings (SSSR count). The third-order valence-electron chi connectivity index (χ3n) is 3.11. The number of carboxylic acids is 1. The Morgan fingerprint density at radius 1 is 1.33 bits per heavy atom. The zero-order valence-corrected chi connectivity index (χ0v) is 12.6. The zero-order valence-electron chi connectivity index (χ0n) is 11.8. The molecule has 0 fully saturated rings. The van der Waals surface area contributed by atoms with Crippen LogP contribution in [0.25, 0.3) is 0 Å². The minimum atomic E-state index is -3.90. The molecule has 1 aromatic heterocycles. The van der Waals surface area contributed by atoms with Crippen molar-refractivity contribution < 1.29 is 18.3 Å². The number of aryl methyl sites for hydroxylation is 2. The molecule has 8 heteroatoms. The van der Waals surface area contributed by atoms with Gasteiger partial charge in [-0.25, -0.2) is 13.2 Å². The van der Waals surface area contributed by atoms with E-state index in [9.17, 15) is 13.2 Å². The van der Waals surface area contributed by atoms with E-state index in [4.69, 9.17) is 5.11 Å². The van der Waals surface area contributed by atoms with E-state index in [1.54, 1.807) is 27.1 Å². The summed E-state index contributed by atoms with van der Waals surface area (Å²) in [6.07, 6.45) is 1.60. The highest BCUT2D eigenvalue weighted by atomic mass is 32.2. The lowest BCUT2D eigenvalue weighted by atomic mass is 10.1. The van der Waals surface area contributed by atoms with Gasteiger partial charge in [-0.15, -0.1) is 0 Å². The maximum atomic E-state index is 12.4. The lowest BCUT2D eigenvalue weighted by molar-refractivity contribution is 0.0696. The van der Waals surface area contributed by atoms with E-state index in [2.05, 4.69) is 9.82 Å². The van der Waals surface area contributed by atoms with Crippen molar-refractivity contribution in [3.05, 3.63) is 41.1 Å². The van der Waals surface area contributed by atoms with Crippen LogP contribution in [0.2, 0.25) is 0 Å². The molecule has 1 heterocycles. The molecule has 0 saturated carbocycles. The predicted octanol–water partition coefficient (Wildman–Crippen LogP) is 1.54. The Kier molecular flexibility index (Phi) is 3.73. The lowest BCUT2D eigenvalue weighted by Crippen LogP contribution is -2.16. The van der Waals surface area contributed by atoms with Gasteiger partial charge in [0, 0.05) is 19.3 Å². The van der Waals surface area contributed by atoms with Crippen LogP contribution in [0.15, 0.2) is 29.3 Å². The van der Waals surface area contributed by atoms with Crippen molar-refractivity contribution in [2.24, 2.45) is 7.05 Å². The molecule has 0 aliphatic carbocycles. The van der Waals surface area contributed by atoms with E-state index in [-0.39, 0.29) is 16.3 Å². The van der Waals surface area contributed by atoms with Crippen molar-refractivity contribution in [3.8, 4) is 0 Å². The molecule has 0 aliphatic rings. The molecule has 0 spiro atoms. The van der Waals surface area contributed by atoms with Gasteiger partial charge in [-0.1, -0.05) is 0 Å². The van der Waals surface area contributed by atoms with Gasteiger partial charge in [-0.2, -0.15) is 5.10 Å². The summed E-state index contributed by atoms with van der Waals surface area (Å²) in [7, 11) is -2.23. The summed E-state index contributed by atoms with van der Waals surface area (Å²) in [6, 6.07) is 4.11. The number of hydrogen-bond donors (Lipinski definition) is 2. The van der Waals surface area contributed by atoms with Crippen LogP contribution >= 0.6 is 0 Å². The number of benzene rings is 1. The maximum Gasteiger partial charge on any atom is 0.335 e. The van der Waals surface area contributed by atoms with Crippen molar-refractivity contribution >= 4 is 21.8 Å². The van der Waals surface area contributed by atoms with Crippen LogP contribution in [0.5, 0.6) is 0 Å². The van der Waals surface area contributed by atoms with E-state index in [0.717, 1.165) is 6.07 Å². The van der Waals surface area contributed by atoms with Crippen LogP contribution in [0.3, 0.4) is 0 Å². The SMILES string of the molecule is Cc1cc(C(=O)O)cc(S(=O)(=O)Nc2ccn(C)n2)c1C. The molecule has 0 unspecified atom stereocenters. The van der Waals surface area contributed by atoms with E-state index in [1.165, 1.54) is 16.8 Å². The normalized spacial score (nSPS) is 11.4. The number of nitrogens with zero attached hydrogens (tertiary/aromatic N) is 2. The van der Waals surface area contributed by atoms with Crippen LogP contribution in [-0.4, -0.2) is 29.3 Å². The smallest absolute Gasteiger partial charge is 0.335 e. The molecule has 7 nitrogen and oxygen atoms in total. The first-order chi connectivity index (χ1) is 9.70. The number of aromatic nitrogens is 2. The lowest BCUT2D eigenvalue weighted by Gasteiger charge is -2.11. The van der Waals surface area contributed by atoms with Crippen molar-refractivity contribution in [1.82, 2.24) is 9.78 Å². The fourth-order valence-corrected chi connectivity index (χ4v) is 3.23. The molecule has 0 aliphatic heterocycles. The number of aromatic carboxylic acids is 1. The van der Waals surface area contributed by atoms with Crippen LogP contribution in [0.4, 0.5) is 5.82 Å². The van der Waals surface area contributed by atoms with Crippen molar-refractivity contribution in [2.45, 2.75) is 18.7 Å². The summed E-state index contributed by atoms with van der Waals surface area (Å²) in [4.78, 5) is 11.0. The molecule has 112 valence electrons. The molecule has 2 aromatic rings. The first kappa shape index (κ1) is 15.0. The Hall–Kier alpha value is -2.35. The minimum Gasteiger partial charge on any atom is -0.478 e. The number of rotatable bonds is 4. The Labute approximate surface area is 122 Å². The monoisotopic (exact) mass is 309 g/mol. The van der Waals surface area contributed by atoms with Gasteiger partial charge in [0.15, 0.2) is 5.82 Å². The average Bonchev–Trinajstić information content (AvgIpc) is 2.76. The predicted molar refractivity (Wildman–Crippen MR) is 76.9 cm³/mol. The van der Waals surface area contributed by atoms with Gasteiger partial charge < -0.3 is 5.11 Å². The number of hydrogen-bond acceptors (Lipinski definition) is 4. The Morgan fingerprint density at radius 2 is 2.00 bits per heavy atom. The molecule has 0 bridgehead atoms. The highest BCUT2D eigenvalue weighted by Gasteiger charge is 2.21. The summed E-state index contributed by atoms with van der Waals surface area (Å²) in [5, 5.41) is 13.0. The standard InChI is InChI=1S/C13H15N3O4S/c1-8-6-10(13(17)18)7-11(9(8)2)21(19,20)15-12-4-5-16(3)14-12/h4-7H,1-3H3,(H,14,15)(H,17,18). The van der Waals surface area contributed by atoms with E-state index >= 15 is 0 Å². The molecule has 2 N–H and O–H groups in total. The average molecular weight is 309 g/mol. The third kappa shape index (κ3) is 3.05. The first-order valence-electron chi connectivity index (χ1n) is 6.08. The maximum absolute atomic E-state index is 12.4. The fraction of sp³-hybridized carbons (Fsp3) is 0.231. The van der Waals surface area contributed by atoms with Crippen LogP contribution < -0.4 is 4.72 Å². The van der Waals surface area contributed by atoms with E-state index in [1.807, 2.05) is 0 Å². The largest absolute Gasteiger partial charge is 0.478 e.